The number of fused-ring (bicyclic) bond motifs is 4. The van der Waals surface area contributed by atoms with E-state index in [1.807, 2.05) is 28.8 Å². The van der Waals surface area contributed by atoms with Crippen molar-refractivity contribution in [2.45, 2.75) is 82.0 Å². The number of aryl methyl sites for hydroxylation is 2. The van der Waals surface area contributed by atoms with E-state index in [2.05, 4.69) is 32.3 Å². The van der Waals surface area contributed by atoms with Gasteiger partial charge in [0.15, 0.2) is 5.82 Å². The van der Waals surface area contributed by atoms with Crippen LogP contribution in [0.5, 0.6) is 0 Å². The molecule has 0 spiro atoms. The summed E-state index contributed by atoms with van der Waals surface area (Å²) >= 11 is 13.1. The van der Waals surface area contributed by atoms with Gasteiger partial charge in [-0.1, -0.05) is 40.5 Å². The van der Waals surface area contributed by atoms with E-state index in [1.54, 1.807) is 18.2 Å². The van der Waals surface area contributed by atoms with Crippen molar-refractivity contribution in [2.75, 3.05) is 20.2 Å². The molecule has 2 bridgehead atoms. The summed E-state index contributed by atoms with van der Waals surface area (Å²) in [6.07, 6.45) is 6.58. The second-order valence-electron chi connectivity index (χ2n) is 16.0. The first kappa shape index (κ1) is 34.9. The molecule has 5 aromatic rings. The van der Waals surface area contributed by atoms with Crippen molar-refractivity contribution in [3.63, 3.8) is 0 Å². The number of halogens is 3. The van der Waals surface area contributed by atoms with Gasteiger partial charge in [0.25, 0.3) is 0 Å². The number of nitriles is 1. The summed E-state index contributed by atoms with van der Waals surface area (Å²) in [5.41, 5.74) is 5.03. The molecule has 6 aliphatic rings. The minimum absolute atomic E-state index is 0.00987. The van der Waals surface area contributed by atoms with E-state index in [1.165, 1.54) is 7.11 Å². The van der Waals surface area contributed by atoms with Gasteiger partial charge in [0.05, 0.1) is 58.5 Å². The summed E-state index contributed by atoms with van der Waals surface area (Å²) in [5, 5.41) is 24.5. The topological polar surface area (TPSA) is 131 Å². The Morgan fingerprint density at radius 3 is 2.71 bits per heavy atom. The molecule has 11 nitrogen and oxygen atoms in total. The van der Waals surface area contributed by atoms with Gasteiger partial charge in [0.1, 0.15) is 5.52 Å². The molecule has 6 fully saturated rings. The maximum atomic E-state index is 17.3. The highest BCUT2D eigenvalue weighted by atomic mass is 35.5. The van der Waals surface area contributed by atoms with Crippen LogP contribution in [0.2, 0.25) is 10.0 Å². The first-order valence-electron chi connectivity index (χ1n) is 19.2. The van der Waals surface area contributed by atoms with Gasteiger partial charge >= 0.3 is 5.97 Å². The fourth-order valence-electron chi connectivity index (χ4n) is 9.77. The number of pyridine rings is 1. The number of carbonyl (C=O) groups excluding carboxylic acids is 2. The minimum Gasteiger partial charge on any atom is -0.469 e. The summed E-state index contributed by atoms with van der Waals surface area (Å²) in [7, 11) is 1.40. The Balaban J connectivity index is 1.14. The molecule has 7 atom stereocenters. The van der Waals surface area contributed by atoms with Crippen molar-refractivity contribution in [3.8, 4) is 17.2 Å². The second-order valence-corrected chi connectivity index (χ2v) is 16.8. The Kier molecular flexibility index (Phi) is 8.25. The van der Waals surface area contributed by atoms with E-state index in [-0.39, 0.29) is 70.8 Å². The summed E-state index contributed by atoms with van der Waals surface area (Å²) in [6.45, 7) is 3.29. The van der Waals surface area contributed by atoms with Crippen LogP contribution < -0.4 is 5.32 Å². The highest BCUT2D eigenvalue weighted by Crippen LogP contribution is 2.52. The van der Waals surface area contributed by atoms with Gasteiger partial charge in [0.2, 0.25) is 5.91 Å². The third-order valence-corrected chi connectivity index (χ3v) is 13.7. The lowest BCUT2D eigenvalue weighted by molar-refractivity contribution is -0.142. The summed E-state index contributed by atoms with van der Waals surface area (Å²) in [6, 6.07) is 11.6. The fourth-order valence-corrected chi connectivity index (χ4v) is 10.2. The van der Waals surface area contributed by atoms with Gasteiger partial charge in [-0.05, 0) is 75.1 Å². The van der Waals surface area contributed by atoms with Gasteiger partial charge in [-0.15, -0.1) is 5.10 Å². The Morgan fingerprint density at radius 2 is 1.98 bits per heavy atom. The standard InChI is InChI=1S/C41H39Cl2FN8O3/c1-19-25-15-33(32-13-23(17-50(32)40(53)20-8-9-20)51-18-31(48-49-51)26-14-27(26)41(54)55-2)52(38-22-12-30(38)46-16-22)39(25)28-11-21(5-4-10-45)34(36(44)37(28)47-19)24-6-3-7-29(42)35(24)43/h3,6-7,11,15,18,20,22-23,26-27,30,32,38,46H,4-5,8-9,12-14,16-17H2,1-2H3/t22-,23+,26-,27+,30-,32-,38+/m1/s1. The van der Waals surface area contributed by atoms with Crippen LogP contribution in [0.4, 0.5) is 4.39 Å². The average molecular weight is 782 g/mol. The molecule has 3 aliphatic carbocycles. The summed E-state index contributed by atoms with van der Waals surface area (Å²) < 4.78 is 26.5. The number of benzene rings is 2. The Labute approximate surface area is 326 Å². The maximum Gasteiger partial charge on any atom is 0.309 e. The molecular formula is C41H39Cl2FN8O3. The Hall–Kier alpha value is -4.57. The maximum absolute atomic E-state index is 17.3. The number of esters is 1. The minimum atomic E-state index is -0.498. The van der Waals surface area contributed by atoms with Crippen LogP contribution in [0.25, 0.3) is 32.9 Å². The first-order valence-corrected chi connectivity index (χ1v) is 19.9. The van der Waals surface area contributed by atoms with Gasteiger partial charge < -0.3 is 19.5 Å². The van der Waals surface area contributed by atoms with E-state index in [9.17, 15) is 14.9 Å². The number of aromatic nitrogens is 5. The van der Waals surface area contributed by atoms with Gasteiger partial charge in [-0.25, -0.2) is 14.1 Å². The monoisotopic (exact) mass is 780 g/mol. The van der Waals surface area contributed by atoms with Crippen molar-refractivity contribution in [3.05, 3.63) is 75.0 Å². The molecular weight excluding hydrogens is 742 g/mol. The number of rotatable bonds is 9. The van der Waals surface area contributed by atoms with Crippen molar-refractivity contribution in [1.82, 2.24) is 34.8 Å². The van der Waals surface area contributed by atoms with Crippen LogP contribution in [0.3, 0.4) is 0 Å². The number of hydrogen-bond donors (Lipinski definition) is 1. The number of ether oxygens (including phenoxy) is 1. The van der Waals surface area contributed by atoms with Crippen LogP contribution in [-0.4, -0.2) is 67.6 Å². The summed E-state index contributed by atoms with van der Waals surface area (Å²) in [5.74, 6) is -0.382. The predicted molar refractivity (Wildman–Crippen MR) is 204 cm³/mol. The fraction of sp³-hybridized carbons (Fsp3) is 0.463. The van der Waals surface area contributed by atoms with Gasteiger partial charge in [-0.2, -0.15) is 5.26 Å². The smallest absolute Gasteiger partial charge is 0.309 e. The van der Waals surface area contributed by atoms with Crippen molar-refractivity contribution < 1.29 is 18.7 Å². The molecule has 3 aliphatic heterocycles. The molecule has 14 heteroatoms. The lowest BCUT2D eigenvalue weighted by Gasteiger charge is -2.39. The van der Waals surface area contributed by atoms with Crippen molar-refractivity contribution in [2.24, 2.45) is 17.8 Å². The van der Waals surface area contributed by atoms with Crippen molar-refractivity contribution in [1.29, 1.82) is 5.26 Å². The first-order chi connectivity index (χ1) is 26.7. The number of methoxy groups -OCH3 is 1. The Morgan fingerprint density at radius 1 is 1.15 bits per heavy atom. The molecule has 11 rings (SSSR count). The molecule has 2 aromatic carbocycles. The lowest BCUT2D eigenvalue weighted by atomic mass is 9.79. The quantitative estimate of drug-likeness (QED) is 0.153. The molecule has 3 saturated carbocycles. The third-order valence-electron chi connectivity index (χ3n) is 12.8. The summed E-state index contributed by atoms with van der Waals surface area (Å²) in [4.78, 5) is 33.3. The van der Waals surface area contributed by atoms with E-state index >= 15 is 4.39 Å². The van der Waals surface area contributed by atoms with Gasteiger partial charge in [0, 0.05) is 76.9 Å². The average Bonchev–Trinajstić information content (AvgIpc) is 3.79. The van der Waals surface area contributed by atoms with Crippen LogP contribution in [0.1, 0.15) is 85.2 Å². The molecule has 0 radical (unpaired) electrons. The molecule has 282 valence electrons. The van der Waals surface area contributed by atoms with E-state index < -0.39 is 5.82 Å². The van der Waals surface area contributed by atoms with Crippen LogP contribution in [-0.2, 0) is 20.7 Å². The number of nitrogens with zero attached hydrogens (tertiary/aromatic N) is 7. The van der Waals surface area contributed by atoms with E-state index in [0.29, 0.717) is 64.5 Å². The normalized spacial score (nSPS) is 26.8. The number of carbonyl (C=O) groups is 2. The molecule has 1 amide bonds. The zero-order valence-corrected chi connectivity index (χ0v) is 31.9. The van der Waals surface area contributed by atoms with Crippen molar-refractivity contribution >= 4 is 56.9 Å². The largest absolute Gasteiger partial charge is 0.469 e. The second kappa shape index (κ2) is 13.0. The number of amides is 1. The number of hydrogen-bond acceptors (Lipinski definition) is 8. The third kappa shape index (κ3) is 5.48. The molecule has 55 heavy (non-hydrogen) atoms. The van der Waals surface area contributed by atoms with Crippen LogP contribution in [0.15, 0.2) is 36.5 Å². The predicted octanol–water partition coefficient (Wildman–Crippen LogP) is 7.39. The van der Waals surface area contributed by atoms with Crippen LogP contribution in [0, 0.1) is 41.8 Å². The van der Waals surface area contributed by atoms with Crippen LogP contribution >= 0.6 is 23.2 Å². The zero-order chi connectivity index (χ0) is 37.9. The highest BCUT2D eigenvalue weighted by Gasteiger charge is 2.52. The molecule has 3 saturated heterocycles. The lowest BCUT2D eigenvalue weighted by Crippen LogP contribution is -2.41. The number of likely N-dealkylation sites (tertiary alicyclic amines) is 1. The molecule has 0 unspecified atom stereocenters. The zero-order valence-electron chi connectivity index (χ0n) is 30.4. The number of nitrogens with one attached hydrogen (secondary N) is 1. The highest BCUT2D eigenvalue weighted by molar-refractivity contribution is 6.43. The SMILES string of the molecule is COC(=O)[C@H]1C[C@H]1c1cn([C@H]2C[C@H](c3cc4c(C)nc5c(F)c(-c6cccc(Cl)c6Cl)c(CCC#N)cc5c4n3[C@H]3[C@H]4CN[C@@H]3C4)N(C(=O)C3CC3)C2)nn1. The van der Waals surface area contributed by atoms with E-state index in [0.717, 1.165) is 48.1 Å². The molecule has 6 heterocycles. The molecule has 3 aromatic heterocycles. The van der Waals surface area contributed by atoms with E-state index in [4.69, 9.17) is 32.9 Å². The van der Waals surface area contributed by atoms with Gasteiger partial charge in [-0.3, -0.25) is 9.59 Å². The Bertz CT molecular complexity index is 2470. The molecule has 1 N–H and O–H groups in total.